The van der Waals surface area contributed by atoms with Crippen molar-refractivity contribution in [2.75, 3.05) is 19.4 Å². The first-order valence-electron chi connectivity index (χ1n) is 11.8. The highest BCUT2D eigenvalue weighted by Gasteiger charge is 2.09. The summed E-state index contributed by atoms with van der Waals surface area (Å²) >= 11 is 0. The van der Waals surface area contributed by atoms with Crippen molar-refractivity contribution in [3.05, 3.63) is 102 Å². The molecule has 9 nitrogen and oxygen atoms in total. The summed E-state index contributed by atoms with van der Waals surface area (Å²) in [5.74, 6) is 1.34. The normalized spacial score (nSPS) is 10.9. The van der Waals surface area contributed by atoms with Crippen molar-refractivity contribution in [2.24, 2.45) is 0 Å². The molecule has 1 aromatic heterocycles. The van der Waals surface area contributed by atoms with E-state index in [1.807, 2.05) is 24.3 Å². The molecule has 3 aromatic carbocycles. The minimum Gasteiger partial charge on any atom is -0.494 e. The maximum atomic E-state index is 12.4. The van der Waals surface area contributed by atoms with Crippen LogP contribution >= 0.6 is 0 Å². The van der Waals surface area contributed by atoms with Gasteiger partial charge in [-0.05, 0) is 60.5 Å². The SMILES string of the molecule is [C-]#[N+]c1ccc(OCCCNC(=O)n2cnc(-c3ccc(OCc4ccc(S(C)(=O)=O)cc4)cc3)c2)cc1. The summed E-state index contributed by atoms with van der Waals surface area (Å²) in [7, 11) is -3.23. The van der Waals surface area contributed by atoms with E-state index in [9.17, 15) is 13.2 Å². The highest BCUT2D eigenvalue weighted by atomic mass is 32.2. The molecule has 0 bridgehead atoms. The number of nitrogens with one attached hydrogen (secondary N) is 1. The van der Waals surface area contributed by atoms with Gasteiger partial charge in [-0.1, -0.05) is 24.3 Å². The number of carbonyl (C=O) groups excluding carboxylic acids is 1. The quantitative estimate of drug-likeness (QED) is 0.226. The zero-order valence-corrected chi connectivity index (χ0v) is 21.5. The lowest BCUT2D eigenvalue weighted by molar-refractivity contribution is 0.240. The number of ether oxygens (including phenoxy) is 2. The molecule has 0 atom stereocenters. The summed E-state index contributed by atoms with van der Waals surface area (Å²) in [6, 6.07) is 20.5. The van der Waals surface area contributed by atoms with Crippen molar-refractivity contribution >= 4 is 21.6 Å². The highest BCUT2D eigenvalue weighted by molar-refractivity contribution is 7.90. The van der Waals surface area contributed by atoms with Gasteiger partial charge in [0.1, 0.15) is 24.4 Å². The Kier molecular flexibility index (Phi) is 8.40. The number of hydrogen-bond donors (Lipinski definition) is 1. The van der Waals surface area contributed by atoms with Crippen molar-refractivity contribution in [3.8, 4) is 22.8 Å². The number of nitrogens with zero attached hydrogens (tertiary/aromatic N) is 3. The maximum Gasteiger partial charge on any atom is 0.326 e. The maximum absolute atomic E-state index is 12.4. The van der Waals surface area contributed by atoms with Crippen molar-refractivity contribution in [2.45, 2.75) is 17.9 Å². The smallest absolute Gasteiger partial charge is 0.326 e. The van der Waals surface area contributed by atoms with E-state index in [0.717, 1.165) is 11.1 Å². The van der Waals surface area contributed by atoms with E-state index >= 15 is 0 Å². The summed E-state index contributed by atoms with van der Waals surface area (Å²) in [5, 5.41) is 2.83. The molecule has 1 N–H and O–H groups in total. The number of sulfone groups is 1. The van der Waals surface area contributed by atoms with E-state index in [2.05, 4.69) is 15.1 Å². The molecule has 38 heavy (non-hydrogen) atoms. The molecule has 194 valence electrons. The highest BCUT2D eigenvalue weighted by Crippen LogP contribution is 2.22. The Labute approximate surface area is 221 Å². The summed E-state index contributed by atoms with van der Waals surface area (Å²) < 4.78 is 35.9. The number of amides is 1. The van der Waals surface area contributed by atoms with Gasteiger partial charge in [-0.25, -0.2) is 23.0 Å². The first-order chi connectivity index (χ1) is 18.3. The second-order valence-electron chi connectivity index (χ2n) is 8.43. The molecule has 0 aliphatic carbocycles. The summed E-state index contributed by atoms with van der Waals surface area (Å²) in [5.41, 5.74) is 2.89. The average molecular weight is 531 g/mol. The monoisotopic (exact) mass is 530 g/mol. The van der Waals surface area contributed by atoms with Gasteiger partial charge in [0, 0.05) is 24.6 Å². The largest absolute Gasteiger partial charge is 0.494 e. The molecule has 1 amide bonds. The minimum atomic E-state index is -3.23. The molecular formula is C28H26N4O5S. The van der Waals surface area contributed by atoms with E-state index < -0.39 is 9.84 Å². The van der Waals surface area contributed by atoms with Gasteiger partial charge in [-0.15, -0.1) is 0 Å². The van der Waals surface area contributed by atoms with Crippen LogP contribution in [0.15, 0.2) is 90.2 Å². The number of benzene rings is 3. The number of carbonyl (C=O) groups is 1. The minimum absolute atomic E-state index is 0.271. The van der Waals surface area contributed by atoms with Gasteiger partial charge in [0.15, 0.2) is 15.5 Å². The Morgan fingerprint density at radius 3 is 2.29 bits per heavy atom. The third-order valence-corrected chi connectivity index (χ3v) is 6.68. The molecule has 0 aliphatic rings. The molecule has 0 saturated carbocycles. The van der Waals surface area contributed by atoms with Crippen molar-refractivity contribution in [1.82, 2.24) is 14.9 Å². The fraction of sp³-hybridized carbons (Fsp3) is 0.179. The van der Waals surface area contributed by atoms with Crippen LogP contribution in [0, 0.1) is 6.57 Å². The van der Waals surface area contributed by atoms with Crippen LogP contribution in [-0.2, 0) is 16.4 Å². The number of rotatable bonds is 10. The zero-order chi connectivity index (χ0) is 27.0. The fourth-order valence-corrected chi connectivity index (χ4v) is 4.10. The van der Waals surface area contributed by atoms with Gasteiger partial charge in [0.25, 0.3) is 0 Å². The predicted octanol–water partition coefficient (Wildman–Crippen LogP) is 5.11. The summed E-state index contributed by atoms with van der Waals surface area (Å²) in [6.45, 7) is 8.14. The molecule has 0 fully saturated rings. The first kappa shape index (κ1) is 26.4. The fourth-order valence-electron chi connectivity index (χ4n) is 3.47. The molecule has 0 aliphatic heterocycles. The lowest BCUT2D eigenvalue weighted by Crippen LogP contribution is -2.29. The van der Waals surface area contributed by atoms with Crippen molar-refractivity contribution in [1.29, 1.82) is 0 Å². The van der Waals surface area contributed by atoms with Crippen LogP contribution in [0.25, 0.3) is 16.1 Å². The Hall–Kier alpha value is -4.62. The number of hydrogen-bond acceptors (Lipinski definition) is 6. The van der Waals surface area contributed by atoms with Crippen molar-refractivity contribution < 1.29 is 22.7 Å². The van der Waals surface area contributed by atoms with E-state index in [4.69, 9.17) is 16.0 Å². The number of aromatic nitrogens is 2. The third kappa shape index (κ3) is 7.21. The molecular weight excluding hydrogens is 504 g/mol. The number of imidazole rings is 1. The molecule has 1 heterocycles. The van der Waals surface area contributed by atoms with Crippen LogP contribution in [0.4, 0.5) is 10.5 Å². The Morgan fingerprint density at radius 2 is 1.63 bits per heavy atom. The van der Waals surface area contributed by atoms with E-state index in [1.54, 1.807) is 54.7 Å². The summed E-state index contributed by atoms with van der Waals surface area (Å²) in [4.78, 5) is 20.4. The Morgan fingerprint density at radius 1 is 0.974 bits per heavy atom. The van der Waals surface area contributed by atoms with E-state index in [1.165, 1.54) is 17.2 Å². The van der Waals surface area contributed by atoms with E-state index in [0.29, 0.717) is 49.1 Å². The van der Waals surface area contributed by atoms with Gasteiger partial charge in [-0.3, -0.25) is 4.57 Å². The predicted molar refractivity (Wildman–Crippen MR) is 143 cm³/mol. The van der Waals surface area contributed by atoms with Crippen LogP contribution in [0.2, 0.25) is 0 Å². The van der Waals surface area contributed by atoms with Crippen LogP contribution < -0.4 is 14.8 Å². The van der Waals surface area contributed by atoms with Gasteiger partial charge in [-0.2, -0.15) is 0 Å². The van der Waals surface area contributed by atoms with Crippen LogP contribution in [0.5, 0.6) is 11.5 Å². The van der Waals surface area contributed by atoms with Gasteiger partial charge < -0.3 is 14.8 Å². The second kappa shape index (κ2) is 12.1. The van der Waals surface area contributed by atoms with Crippen LogP contribution in [0.1, 0.15) is 12.0 Å². The van der Waals surface area contributed by atoms with Gasteiger partial charge in [0.2, 0.25) is 0 Å². The molecule has 4 aromatic rings. The third-order valence-electron chi connectivity index (χ3n) is 5.56. The second-order valence-corrected chi connectivity index (χ2v) is 10.5. The van der Waals surface area contributed by atoms with E-state index in [-0.39, 0.29) is 10.9 Å². The van der Waals surface area contributed by atoms with Crippen LogP contribution in [0.3, 0.4) is 0 Å². The zero-order valence-electron chi connectivity index (χ0n) is 20.7. The molecule has 10 heteroatoms. The molecule has 0 unspecified atom stereocenters. The summed E-state index contributed by atoms with van der Waals surface area (Å²) in [6.07, 6.45) is 4.92. The van der Waals surface area contributed by atoms with Gasteiger partial charge >= 0.3 is 6.03 Å². The van der Waals surface area contributed by atoms with Gasteiger partial charge in [0.05, 0.1) is 23.8 Å². The Balaban J connectivity index is 1.22. The average Bonchev–Trinajstić information content (AvgIpc) is 3.43. The van der Waals surface area contributed by atoms with Crippen LogP contribution in [-0.4, -0.2) is 43.4 Å². The molecule has 0 spiro atoms. The molecule has 0 radical (unpaired) electrons. The molecule has 0 saturated heterocycles. The lowest BCUT2D eigenvalue weighted by atomic mass is 10.1. The molecule has 4 rings (SSSR count). The van der Waals surface area contributed by atoms with Crippen molar-refractivity contribution in [3.63, 3.8) is 0 Å². The standard InChI is InChI=1S/C28H26N4O5S/c1-29-23-8-12-24(13-9-23)36-17-3-16-30-28(33)32-18-27(31-20-32)22-6-10-25(11-7-22)37-19-21-4-14-26(15-5-21)38(2,34)35/h4-15,18,20H,3,16-17,19H2,2H3,(H,30,33). The Bertz CT molecular complexity index is 1520. The topological polar surface area (TPSA) is 104 Å². The first-order valence-corrected chi connectivity index (χ1v) is 13.7. The lowest BCUT2D eigenvalue weighted by Gasteiger charge is -2.08.